The van der Waals surface area contributed by atoms with Crippen LogP contribution in [0.3, 0.4) is 0 Å². The maximum absolute atomic E-state index is 5.37. The number of aromatic nitrogens is 3. The highest BCUT2D eigenvalue weighted by atomic mass is 15.0. The molecule has 11 rings (SSSR count). The van der Waals surface area contributed by atoms with E-state index in [0.29, 0.717) is 0 Å². The summed E-state index contributed by atoms with van der Waals surface area (Å²) in [6, 6.07) is 68.0. The van der Waals surface area contributed by atoms with Gasteiger partial charge in [-0.2, -0.15) is 0 Å². The van der Waals surface area contributed by atoms with Gasteiger partial charge in [-0.05, 0) is 68.8 Å². The maximum atomic E-state index is 5.37. The van der Waals surface area contributed by atoms with Gasteiger partial charge in [0.05, 0.1) is 22.3 Å². The molecule has 0 fully saturated rings. The first kappa shape index (κ1) is 30.5. The topological polar surface area (TPSA) is 30.2 Å². The van der Waals surface area contributed by atoms with Crippen molar-refractivity contribution < 1.29 is 0 Å². The van der Waals surface area contributed by atoms with Crippen molar-refractivity contribution >= 4 is 27.3 Å². The molecule has 0 saturated carbocycles. The lowest BCUT2D eigenvalue weighted by Crippen LogP contribution is -2.28. The molecule has 0 unspecified atom stereocenters. The number of hydrogen-bond acceptors (Lipinski definition) is 2. The van der Waals surface area contributed by atoms with Gasteiger partial charge in [0, 0.05) is 39.7 Å². The summed E-state index contributed by atoms with van der Waals surface area (Å²) in [5.41, 5.74) is 15.6. The van der Waals surface area contributed by atoms with Crippen molar-refractivity contribution in [2.75, 3.05) is 0 Å². The Morgan fingerprint density at radius 1 is 0.444 bits per heavy atom. The Morgan fingerprint density at radius 3 is 1.93 bits per heavy atom. The predicted molar refractivity (Wildman–Crippen MR) is 222 cm³/mol. The first-order valence-electron chi connectivity index (χ1n) is 18.5. The van der Waals surface area contributed by atoms with Crippen molar-refractivity contribution in [1.82, 2.24) is 14.4 Å². The molecule has 3 aromatic heterocycles. The first-order chi connectivity index (χ1) is 26.8. The van der Waals surface area contributed by atoms with Crippen LogP contribution in [0.25, 0.3) is 72.1 Å². The van der Waals surface area contributed by atoms with Crippen molar-refractivity contribution in [2.45, 2.75) is 5.41 Å². The normalized spacial score (nSPS) is 13.0. The second-order valence-electron chi connectivity index (χ2n) is 14.2. The molecular weight excluding hydrogens is 655 g/mol. The zero-order chi connectivity index (χ0) is 35.6. The lowest BCUT2D eigenvalue weighted by Gasteiger charge is -2.34. The van der Waals surface area contributed by atoms with E-state index in [1.807, 2.05) is 24.4 Å². The number of pyridine rings is 2. The lowest BCUT2D eigenvalue weighted by molar-refractivity contribution is 0.769. The summed E-state index contributed by atoms with van der Waals surface area (Å²) in [5, 5.41) is 3.57. The third-order valence-electron chi connectivity index (χ3n) is 11.3. The smallest absolute Gasteiger partial charge is 0.137 e. The number of imidazole rings is 1. The number of benzene rings is 7. The van der Waals surface area contributed by atoms with Crippen molar-refractivity contribution in [3.05, 3.63) is 223 Å². The SMILES string of the molecule is c1ccc(C2(c3ccccc3)c3ccccc3-c3c2ccc2c(-c4ccc(-c5cccc(-c6cn7ccccc7n6)c5)cc4)nc4ccccc4c32)cc1. The van der Waals surface area contributed by atoms with E-state index in [1.165, 1.54) is 44.2 Å². The predicted octanol–water partition coefficient (Wildman–Crippen LogP) is 12.4. The average molecular weight is 688 g/mol. The van der Waals surface area contributed by atoms with Crippen LogP contribution in [-0.2, 0) is 5.41 Å². The highest BCUT2D eigenvalue weighted by Crippen LogP contribution is 2.58. The number of nitrogens with zero attached hydrogens (tertiary/aromatic N) is 3. The largest absolute Gasteiger partial charge is 0.306 e. The number of hydrogen-bond donors (Lipinski definition) is 0. The maximum Gasteiger partial charge on any atom is 0.137 e. The second kappa shape index (κ2) is 12.0. The van der Waals surface area contributed by atoms with E-state index in [9.17, 15) is 0 Å². The van der Waals surface area contributed by atoms with Crippen LogP contribution in [0.4, 0.5) is 0 Å². The number of fused-ring (bicyclic) bond motifs is 8. The minimum absolute atomic E-state index is 0.466. The van der Waals surface area contributed by atoms with Crippen LogP contribution in [0.15, 0.2) is 200 Å². The van der Waals surface area contributed by atoms with Crippen LogP contribution in [0, 0.1) is 0 Å². The van der Waals surface area contributed by atoms with Gasteiger partial charge in [-0.1, -0.05) is 164 Å². The summed E-state index contributed by atoms with van der Waals surface area (Å²) < 4.78 is 2.06. The zero-order valence-corrected chi connectivity index (χ0v) is 29.4. The highest BCUT2D eigenvalue weighted by molar-refractivity contribution is 6.19. The highest BCUT2D eigenvalue weighted by Gasteiger charge is 2.46. The third-order valence-corrected chi connectivity index (χ3v) is 11.3. The molecule has 0 saturated heterocycles. The lowest BCUT2D eigenvalue weighted by atomic mass is 9.67. The van der Waals surface area contributed by atoms with E-state index >= 15 is 0 Å². The van der Waals surface area contributed by atoms with Crippen LogP contribution in [-0.4, -0.2) is 14.4 Å². The van der Waals surface area contributed by atoms with Gasteiger partial charge in [-0.25, -0.2) is 9.97 Å². The molecule has 3 nitrogen and oxygen atoms in total. The van der Waals surface area contributed by atoms with Crippen molar-refractivity contribution in [3.63, 3.8) is 0 Å². The van der Waals surface area contributed by atoms with Gasteiger partial charge in [0.25, 0.3) is 0 Å². The van der Waals surface area contributed by atoms with Gasteiger partial charge in [-0.15, -0.1) is 0 Å². The van der Waals surface area contributed by atoms with E-state index in [2.05, 4.69) is 180 Å². The van der Waals surface area contributed by atoms with E-state index < -0.39 is 5.41 Å². The summed E-state index contributed by atoms with van der Waals surface area (Å²) in [6.07, 6.45) is 4.13. The van der Waals surface area contributed by atoms with Crippen molar-refractivity contribution in [2.24, 2.45) is 0 Å². The van der Waals surface area contributed by atoms with Gasteiger partial charge in [0.1, 0.15) is 5.65 Å². The molecule has 7 aromatic carbocycles. The third kappa shape index (κ3) is 4.49. The van der Waals surface area contributed by atoms with Crippen LogP contribution in [0.2, 0.25) is 0 Å². The van der Waals surface area contributed by atoms with Crippen LogP contribution in [0.1, 0.15) is 22.3 Å². The van der Waals surface area contributed by atoms with E-state index in [1.54, 1.807) is 0 Å². The van der Waals surface area contributed by atoms with Gasteiger partial charge in [0.15, 0.2) is 0 Å². The average Bonchev–Trinajstić information content (AvgIpc) is 3.82. The molecule has 0 amide bonds. The Bertz CT molecular complexity index is 2960. The molecule has 3 heterocycles. The van der Waals surface area contributed by atoms with Crippen molar-refractivity contribution in [3.8, 4) is 44.8 Å². The second-order valence-corrected chi connectivity index (χ2v) is 14.2. The summed E-state index contributed by atoms with van der Waals surface area (Å²) >= 11 is 0. The quantitative estimate of drug-likeness (QED) is 0.169. The molecule has 0 spiro atoms. The summed E-state index contributed by atoms with van der Waals surface area (Å²) in [4.78, 5) is 10.2. The van der Waals surface area contributed by atoms with Gasteiger partial charge in [0.2, 0.25) is 0 Å². The van der Waals surface area contributed by atoms with E-state index in [4.69, 9.17) is 9.97 Å². The molecule has 0 radical (unpaired) electrons. The summed E-state index contributed by atoms with van der Waals surface area (Å²) in [6.45, 7) is 0. The van der Waals surface area contributed by atoms with E-state index in [-0.39, 0.29) is 0 Å². The number of para-hydroxylation sites is 1. The monoisotopic (exact) mass is 687 g/mol. The molecule has 1 aliphatic carbocycles. The van der Waals surface area contributed by atoms with Crippen LogP contribution in [0.5, 0.6) is 0 Å². The van der Waals surface area contributed by atoms with Gasteiger partial charge >= 0.3 is 0 Å². The van der Waals surface area contributed by atoms with Gasteiger partial charge < -0.3 is 4.40 Å². The fourth-order valence-corrected chi connectivity index (χ4v) is 8.95. The molecule has 10 aromatic rings. The summed E-state index contributed by atoms with van der Waals surface area (Å²) in [5.74, 6) is 0. The van der Waals surface area contributed by atoms with Crippen LogP contribution < -0.4 is 0 Å². The Balaban J connectivity index is 1.11. The van der Waals surface area contributed by atoms with E-state index in [0.717, 1.165) is 50.2 Å². The molecule has 3 heteroatoms. The fraction of sp³-hybridized carbons (Fsp3) is 0.0196. The molecule has 0 atom stereocenters. The Hall–Kier alpha value is -7.10. The minimum Gasteiger partial charge on any atom is -0.306 e. The fourth-order valence-electron chi connectivity index (χ4n) is 8.95. The Labute approximate surface area is 313 Å². The summed E-state index contributed by atoms with van der Waals surface area (Å²) in [7, 11) is 0. The zero-order valence-electron chi connectivity index (χ0n) is 29.4. The molecule has 0 N–H and O–H groups in total. The van der Waals surface area contributed by atoms with Crippen molar-refractivity contribution in [1.29, 1.82) is 0 Å². The van der Waals surface area contributed by atoms with Crippen LogP contribution >= 0.6 is 0 Å². The first-order valence-corrected chi connectivity index (χ1v) is 18.5. The number of rotatable bonds is 5. The standard InChI is InChI=1S/C51H33N3/c1-3-16-38(17-4-1)51(39-18-5-2-6-19-39)43-22-9-7-20-40(43)49-44(51)30-29-42-48(49)41-21-8-10-23-45(41)53-50(42)35-27-25-34(26-28-35)36-14-13-15-37(32-36)46-33-54-31-12-11-24-47(54)52-46/h1-33H. The molecule has 54 heavy (non-hydrogen) atoms. The molecule has 252 valence electrons. The molecule has 0 aliphatic heterocycles. The Kier molecular flexibility index (Phi) is 6.77. The molecule has 1 aliphatic rings. The molecule has 0 bridgehead atoms. The Morgan fingerprint density at radius 2 is 1.13 bits per heavy atom. The minimum atomic E-state index is -0.466. The van der Waals surface area contributed by atoms with Gasteiger partial charge in [-0.3, -0.25) is 0 Å². The molecular formula is C51H33N3.